The van der Waals surface area contributed by atoms with Crippen LogP contribution in [-0.2, 0) is 36.0 Å². The number of rotatable bonds is 8. The molecule has 0 saturated heterocycles. The molecule has 3 aromatic rings. The molecule has 0 aliphatic heterocycles. The number of thiophene rings is 1. The second-order valence-corrected chi connectivity index (χ2v) is 11.4. The Bertz CT molecular complexity index is 1280. The average molecular weight is 549 g/mol. The largest absolute Gasteiger partial charge is 0.486 e. The lowest BCUT2D eigenvalue weighted by Gasteiger charge is -2.18. The van der Waals surface area contributed by atoms with Crippen molar-refractivity contribution < 1.29 is 19.1 Å². The molecule has 0 spiro atoms. The van der Waals surface area contributed by atoms with Crippen LogP contribution in [0.2, 0.25) is 5.02 Å². The van der Waals surface area contributed by atoms with Gasteiger partial charge in [-0.05, 0) is 67.9 Å². The number of hydrogen-bond acceptors (Lipinski definition) is 8. The molecule has 1 aliphatic rings. The third kappa shape index (κ3) is 5.71. The van der Waals surface area contributed by atoms with Crippen molar-refractivity contribution in [2.75, 3.05) is 18.2 Å². The molecule has 1 N–H and O–H groups in total. The summed E-state index contributed by atoms with van der Waals surface area (Å²) < 4.78 is 12.7. The summed E-state index contributed by atoms with van der Waals surface area (Å²) in [6.45, 7) is 6.31. The zero-order valence-corrected chi connectivity index (χ0v) is 23.3. The number of fused-ring (bicyclic) bond motifs is 1. The van der Waals surface area contributed by atoms with Crippen LogP contribution in [0.25, 0.3) is 0 Å². The van der Waals surface area contributed by atoms with Crippen LogP contribution in [-0.4, -0.2) is 39.5 Å². The predicted molar refractivity (Wildman–Crippen MR) is 142 cm³/mol. The first-order chi connectivity index (χ1) is 17.2. The van der Waals surface area contributed by atoms with Gasteiger partial charge in [0, 0.05) is 16.9 Å². The number of aryl methyl sites for hydroxylation is 2. The summed E-state index contributed by atoms with van der Waals surface area (Å²) in [5.74, 6) is 1.40. The fraction of sp³-hybridized carbons (Fsp3) is 0.440. The first-order valence-electron chi connectivity index (χ1n) is 11.6. The molecule has 4 rings (SSSR count). The standard InChI is InChI=1S/C25H29ClN4O4S2/c1-13-6-7-17-18(8-13)36-23(21(17)24(32)33-5)27-20(31)12-35-25-29-28-19(30(25)4)11-34-16-9-14(2)22(26)15(3)10-16/h9-10,13H,6-8,11-12H2,1-5H3,(H,27,31). The Morgan fingerprint density at radius 1 is 1.28 bits per heavy atom. The fourth-order valence-corrected chi connectivity index (χ4v) is 6.44. The lowest BCUT2D eigenvalue weighted by atomic mass is 9.88. The summed E-state index contributed by atoms with van der Waals surface area (Å²) in [5.41, 5.74) is 3.40. The van der Waals surface area contributed by atoms with Gasteiger partial charge in [0.2, 0.25) is 5.91 Å². The van der Waals surface area contributed by atoms with Gasteiger partial charge in [-0.1, -0.05) is 30.3 Å². The van der Waals surface area contributed by atoms with E-state index in [9.17, 15) is 9.59 Å². The van der Waals surface area contributed by atoms with Gasteiger partial charge >= 0.3 is 5.97 Å². The van der Waals surface area contributed by atoms with E-state index in [1.165, 1.54) is 30.2 Å². The smallest absolute Gasteiger partial charge is 0.341 e. The first kappa shape index (κ1) is 26.5. The Morgan fingerprint density at radius 3 is 2.69 bits per heavy atom. The molecular weight excluding hydrogens is 520 g/mol. The van der Waals surface area contributed by atoms with Crippen molar-refractivity contribution in [3.05, 3.63) is 50.1 Å². The van der Waals surface area contributed by atoms with Crippen molar-refractivity contribution in [3.63, 3.8) is 0 Å². The van der Waals surface area contributed by atoms with Crippen molar-refractivity contribution in [1.29, 1.82) is 0 Å². The van der Waals surface area contributed by atoms with Gasteiger partial charge in [0.15, 0.2) is 11.0 Å². The van der Waals surface area contributed by atoms with E-state index >= 15 is 0 Å². The summed E-state index contributed by atoms with van der Waals surface area (Å²) in [7, 11) is 3.20. The summed E-state index contributed by atoms with van der Waals surface area (Å²) >= 11 is 8.98. The van der Waals surface area contributed by atoms with Gasteiger partial charge in [-0.3, -0.25) is 4.79 Å². The van der Waals surface area contributed by atoms with Crippen LogP contribution in [0.3, 0.4) is 0 Å². The number of nitrogens with zero attached hydrogens (tertiary/aromatic N) is 3. The third-order valence-corrected chi connectivity index (χ3v) is 8.98. The maximum Gasteiger partial charge on any atom is 0.341 e. The summed E-state index contributed by atoms with van der Waals surface area (Å²) in [5, 5.41) is 13.2. The molecule has 1 amide bonds. The van der Waals surface area contributed by atoms with Gasteiger partial charge in [0.25, 0.3) is 0 Å². The number of methoxy groups -OCH3 is 1. The fourth-order valence-electron chi connectivity index (χ4n) is 4.18. The van der Waals surface area contributed by atoms with Crippen LogP contribution in [0.5, 0.6) is 5.75 Å². The van der Waals surface area contributed by atoms with Gasteiger partial charge in [-0.15, -0.1) is 21.5 Å². The SMILES string of the molecule is COC(=O)c1c(NC(=O)CSc2nnc(COc3cc(C)c(Cl)c(C)c3)n2C)sc2c1CCC(C)C2. The molecule has 1 atom stereocenters. The Labute approximate surface area is 223 Å². The van der Waals surface area contributed by atoms with Gasteiger partial charge < -0.3 is 19.4 Å². The molecule has 192 valence electrons. The normalized spacial score (nSPS) is 14.9. The molecule has 11 heteroatoms. The molecule has 2 heterocycles. The minimum Gasteiger partial charge on any atom is -0.486 e. The number of anilines is 1. The molecule has 2 aromatic heterocycles. The van der Waals surface area contributed by atoms with E-state index in [1.54, 1.807) is 4.57 Å². The zero-order chi connectivity index (χ0) is 26.0. The van der Waals surface area contributed by atoms with Gasteiger partial charge in [0.05, 0.1) is 18.4 Å². The number of esters is 1. The van der Waals surface area contributed by atoms with Crippen LogP contribution in [0, 0.1) is 19.8 Å². The molecule has 1 unspecified atom stereocenters. The molecule has 0 saturated carbocycles. The lowest BCUT2D eigenvalue weighted by molar-refractivity contribution is -0.113. The second-order valence-electron chi connectivity index (χ2n) is 9.00. The molecule has 0 fully saturated rings. The van der Waals surface area contributed by atoms with E-state index in [0.717, 1.165) is 45.9 Å². The maximum atomic E-state index is 12.8. The highest BCUT2D eigenvalue weighted by molar-refractivity contribution is 7.99. The number of hydrogen-bond donors (Lipinski definition) is 1. The van der Waals surface area contributed by atoms with Gasteiger partial charge in [-0.25, -0.2) is 4.79 Å². The average Bonchev–Trinajstić information content (AvgIpc) is 3.37. The molecule has 8 nitrogen and oxygen atoms in total. The van der Waals surface area contributed by atoms with Crippen LogP contribution >= 0.6 is 34.7 Å². The summed E-state index contributed by atoms with van der Waals surface area (Å²) in [6, 6.07) is 3.77. The van der Waals surface area contributed by atoms with Gasteiger partial charge in [-0.2, -0.15) is 0 Å². The number of benzene rings is 1. The third-order valence-electron chi connectivity index (χ3n) is 6.19. The highest BCUT2D eigenvalue weighted by Gasteiger charge is 2.29. The minimum atomic E-state index is -0.408. The van der Waals surface area contributed by atoms with E-state index in [0.29, 0.717) is 33.2 Å². The molecule has 0 radical (unpaired) electrons. The number of carbonyl (C=O) groups excluding carboxylic acids is 2. The summed E-state index contributed by atoms with van der Waals surface area (Å²) in [6.07, 6.45) is 2.75. The summed E-state index contributed by atoms with van der Waals surface area (Å²) in [4.78, 5) is 26.4. The Balaban J connectivity index is 1.38. The number of thioether (sulfide) groups is 1. The van der Waals surface area contributed by atoms with Crippen LogP contribution in [0.15, 0.2) is 17.3 Å². The molecular formula is C25H29ClN4O4S2. The molecule has 1 aromatic carbocycles. The number of aromatic nitrogens is 3. The minimum absolute atomic E-state index is 0.127. The highest BCUT2D eigenvalue weighted by atomic mass is 35.5. The second kappa shape index (κ2) is 11.2. The van der Waals surface area contributed by atoms with Crippen LogP contribution in [0.4, 0.5) is 5.00 Å². The van der Waals surface area contributed by atoms with Crippen molar-refractivity contribution in [1.82, 2.24) is 14.8 Å². The van der Waals surface area contributed by atoms with Crippen LogP contribution < -0.4 is 10.1 Å². The van der Waals surface area contributed by atoms with E-state index in [-0.39, 0.29) is 18.3 Å². The van der Waals surface area contributed by atoms with Crippen molar-refractivity contribution in [2.24, 2.45) is 13.0 Å². The number of amides is 1. The van der Waals surface area contributed by atoms with Crippen molar-refractivity contribution in [2.45, 2.75) is 51.8 Å². The highest BCUT2D eigenvalue weighted by Crippen LogP contribution is 2.40. The van der Waals surface area contributed by atoms with E-state index in [1.807, 2.05) is 33.0 Å². The number of nitrogens with one attached hydrogen (secondary N) is 1. The molecule has 36 heavy (non-hydrogen) atoms. The van der Waals surface area contributed by atoms with Crippen LogP contribution in [0.1, 0.15) is 51.1 Å². The number of ether oxygens (including phenoxy) is 2. The quantitative estimate of drug-likeness (QED) is 0.299. The van der Waals surface area contributed by atoms with E-state index < -0.39 is 5.97 Å². The molecule has 1 aliphatic carbocycles. The predicted octanol–water partition coefficient (Wildman–Crippen LogP) is 5.37. The first-order valence-corrected chi connectivity index (χ1v) is 13.8. The Morgan fingerprint density at radius 2 is 2.00 bits per heavy atom. The Hall–Kier alpha value is -2.56. The Kier molecular flexibility index (Phi) is 8.27. The van der Waals surface area contributed by atoms with Crippen molar-refractivity contribution in [3.8, 4) is 5.75 Å². The monoisotopic (exact) mass is 548 g/mol. The van der Waals surface area contributed by atoms with E-state index in [2.05, 4.69) is 22.4 Å². The maximum absolute atomic E-state index is 12.8. The van der Waals surface area contributed by atoms with Gasteiger partial charge in [0.1, 0.15) is 17.4 Å². The number of halogens is 1. The number of carbonyl (C=O) groups is 2. The lowest BCUT2D eigenvalue weighted by Crippen LogP contribution is -2.17. The topological polar surface area (TPSA) is 95.3 Å². The van der Waals surface area contributed by atoms with E-state index in [4.69, 9.17) is 21.1 Å². The van der Waals surface area contributed by atoms with Crippen molar-refractivity contribution >= 4 is 51.6 Å². The zero-order valence-electron chi connectivity index (χ0n) is 20.9. The molecule has 0 bridgehead atoms.